The van der Waals surface area contributed by atoms with Gasteiger partial charge < -0.3 is 27.3 Å². The first kappa shape index (κ1) is 25.5. The summed E-state index contributed by atoms with van der Waals surface area (Å²) in [4.78, 5) is 39.1. The number of hydrogen-bond acceptors (Lipinski definition) is 11. The zero-order valence-corrected chi connectivity index (χ0v) is 18.5. The standard InChI is InChI=1S/C18H26ClN11O3/c19-13-15(22)29-14(21)12(28-13)16(32)30-17(23)24-6-3-1-2-4-8-33-9-11(31)27-18-25-7-5-10(20)26-18/h5,7H,1-4,6,8-9H2,(H4,21,22,29)(H3,23,24,30,32)(H3,20,25,26,27,31). The van der Waals surface area contributed by atoms with Crippen LogP contribution in [0.15, 0.2) is 12.3 Å². The number of unbranched alkanes of at least 4 members (excludes halogenated alkanes) is 3. The molecule has 2 rings (SSSR count). The molecule has 0 radical (unpaired) electrons. The molecule has 2 aromatic rings. The number of hydrogen-bond donors (Lipinski definition) is 7. The topological polar surface area (TPSA) is 233 Å². The van der Waals surface area contributed by atoms with Crippen LogP contribution in [0.25, 0.3) is 0 Å². The maximum atomic E-state index is 12.1. The van der Waals surface area contributed by atoms with Gasteiger partial charge in [0, 0.05) is 19.3 Å². The maximum absolute atomic E-state index is 12.1. The van der Waals surface area contributed by atoms with Gasteiger partial charge in [-0.1, -0.05) is 24.4 Å². The van der Waals surface area contributed by atoms with E-state index < -0.39 is 5.91 Å². The quantitative estimate of drug-likeness (QED) is 0.130. The van der Waals surface area contributed by atoms with Crippen molar-refractivity contribution in [3.63, 3.8) is 0 Å². The normalized spacial score (nSPS) is 10.5. The molecule has 0 aliphatic rings. The number of carbonyl (C=O) groups is 2. The van der Waals surface area contributed by atoms with Gasteiger partial charge in [0.25, 0.3) is 11.8 Å². The summed E-state index contributed by atoms with van der Waals surface area (Å²) in [5, 5.41) is 15.2. The van der Waals surface area contributed by atoms with E-state index >= 15 is 0 Å². The molecule has 0 spiro atoms. The largest absolute Gasteiger partial charge is 0.384 e. The van der Waals surface area contributed by atoms with Gasteiger partial charge in [0.1, 0.15) is 12.4 Å². The van der Waals surface area contributed by atoms with Crippen molar-refractivity contribution in [3.05, 3.63) is 23.1 Å². The zero-order valence-electron chi connectivity index (χ0n) is 17.7. The molecule has 0 aliphatic carbocycles. The van der Waals surface area contributed by atoms with Crippen LogP contribution in [-0.4, -0.2) is 57.5 Å². The van der Waals surface area contributed by atoms with Crippen LogP contribution >= 0.6 is 11.6 Å². The number of nitrogens with one attached hydrogen (secondary N) is 4. The number of anilines is 4. The average Bonchev–Trinajstić information content (AvgIpc) is 2.75. The Labute approximate surface area is 194 Å². The highest BCUT2D eigenvalue weighted by Crippen LogP contribution is 2.17. The highest BCUT2D eigenvalue weighted by molar-refractivity contribution is 6.31. The summed E-state index contributed by atoms with van der Waals surface area (Å²) in [6.07, 6.45) is 4.72. The van der Waals surface area contributed by atoms with Crippen molar-refractivity contribution in [1.82, 2.24) is 30.6 Å². The fourth-order valence-electron chi connectivity index (χ4n) is 2.48. The second-order valence-electron chi connectivity index (χ2n) is 6.71. The van der Waals surface area contributed by atoms with Crippen LogP contribution in [0, 0.1) is 5.41 Å². The van der Waals surface area contributed by atoms with E-state index in [1.54, 1.807) is 0 Å². The molecule has 0 bridgehead atoms. The number of nitrogen functional groups attached to an aromatic ring is 3. The molecular weight excluding hydrogens is 454 g/mol. The molecule has 178 valence electrons. The van der Waals surface area contributed by atoms with E-state index in [2.05, 4.69) is 35.9 Å². The zero-order chi connectivity index (χ0) is 24.2. The minimum atomic E-state index is -0.720. The Hall–Kier alpha value is -3.78. The monoisotopic (exact) mass is 479 g/mol. The smallest absolute Gasteiger partial charge is 0.280 e. The van der Waals surface area contributed by atoms with Gasteiger partial charge in [-0.25, -0.2) is 15.0 Å². The molecule has 2 aromatic heterocycles. The van der Waals surface area contributed by atoms with Gasteiger partial charge in [-0.05, 0) is 18.9 Å². The van der Waals surface area contributed by atoms with Gasteiger partial charge in [0.05, 0.1) is 0 Å². The molecule has 15 heteroatoms. The van der Waals surface area contributed by atoms with Gasteiger partial charge in [-0.15, -0.1) is 0 Å². The molecular formula is C18H26ClN11O3. The summed E-state index contributed by atoms with van der Waals surface area (Å²) in [5.74, 6) is -1.15. The lowest BCUT2D eigenvalue weighted by Gasteiger charge is -2.10. The highest BCUT2D eigenvalue weighted by atomic mass is 35.5. The predicted octanol–water partition coefficient (Wildman–Crippen LogP) is 0.136. The molecule has 0 atom stereocenters. The van der Waals surface area contributed by atoms with Crippen molar-refractivity contribution in [3.8, 4) is 0 Å². The molecule has 0 aromatic carbocycles. The number of rotatable bonds is 11. The molecule has 0 aliphatic heterocycles. The Morgan fingerprint density at radius 1 is 1.06 bits per heavy atom. The summed E-state index contributed by atoms with van der Waals surface area (Å²) in [6.45, 7) is 0.800. The Balaban J connectivity index is 1.51. The fourth-order valence-corrected chi connectivity index (χ4v) is 2.61. The summed E-state index contributed by atoms with van der Waals surface area (Å²) < 4.78 is 5.32. The van der Waals surface area contributed by atoms with Crippen LogP contribution in [0.3, 0.4) is 0 Å². The Bertz CT molecular complexity index is 989. The molecule has 33 heavy (non-hydrogen) atoms. The van der Waals surface area contributed by atoms with Gasteiger partial charge in [-0.3, -0.25) is 25.6 Å². The third-order valence-corrected chi connectivity index (χ3v) is 4.32. The number of halogens is 1. The fraction of sp³-hybridized carbons (Fsp3) is 0.389. The second kappa shape index (κ2) is 12.9. The summed E-state index contributed by atoms with van der Waals surface area (Å²) in [6, 6.07) is 1.52. The van der Waals surface area contributed by atoms with E-state index in [-0.39, 0.29) is 52.7 Å². The van der Waals surface area contributed by atoms with Crippen molar-refractivity contribution in [1.29, 1.82) is 5.41 Å². The molecule has 2 amide bonds. The Morgan fingerprint density at radius 3 is 2.58 bits per heavy atom. The molecule has 10 N–H and O–H groups in total. The van der Waals surface area contributed by atoms with Gasteiger partial charge in [0.2, 0.25) is 5.95 Å². The molecule has 0 fully saturated rings. The lowest BCUT2D eigenvalue weighted by Crippen LogP contribution is -2.41. The van der Waals surface area contributed by atoms with Gasteiger partial charge in [0.15, 0.2) is 28.4 Å². The van der Waals surface area contributed by atoms with Crippen molar-refractivity contribution in [2.75, 3.05) is 42.3 Å². The minimum absolute atomic E-state index is 0.0834. The maximum Gasteiger partial charge on any atom is 0.280 e. The first-order chi connectivity index (χ1) is 15.8. The number of ether oxygens (including phenoxy) is 1. The number of aromatic nitrogens is 4. The van der Waals surface area contributed by atoms with E-state index in [4.69, 9.17) is 38.9 Å². The van der Waals surface area contributed by atoms with Crippen LogP contribution in [0.4, 0.5) is 23.4 Å². The second-order valence-corrected chi connectivity index (χ2v) is 7.07. The average molecular weight is 480 g/mol. The highest BCUT2D eigenvalue weighted by Gasteiger charge is 2.16. The number of carbonyl (C=O) groups excluding carboxylic acids is 2. The SMILES string of the molecule is N=C(NCCCCCCOCC(=O)Nc1nccc(N)n1)NC(=O)c1nc(Cl)c(N)nc1N. The van der Waals surface area contributed by atoms with Gasteiger partial charge >= 0.3 is 0 Å². The van der Waals surface area contributed by atoms with Crippen LogP contribution in [0.5, 0.6) is 0 Å². The summed E-state index contributed by atoms with van der Waals surface area (Å²) in [7, 11) is 0. The van der Waals surface area contributed by atoms with Crippen LogP contribution in [0.2, 0.25) is 5.15 Å². The van der Waals surface area contributed by atoms with E-state index in [1.165, 1.54) is 12.3 Å². The van der Waals surface area contributed by atoms with E-state index in [0.29, 0.717) is 13.2 Å². The molecule has 0 saturated heterocycles. The predicted molar refractivity (Wildman–Crippen MR) is 123 cm³/mol. The van der Waals surface area contributed by atoms with E-state index in [9.17, 15) is 9.59 Å². The van der Waals surface area contributed by atoms with Crippen molar-refractivity contribution in [2.24, 2.45) is 0 Å². The minimum Gasteiger partial charge on any atom is -0.384 e. The van der Waals surface area contributed by atoms with E-state index in [0.717, 1.165) is 25.7 Å². The first-order valence-corrected chi connectivity index (χ1v) is 10.3. The van der Waals surface area contributed by atoms with Gasteiger partial charge in [-0.2, -0.15) is 4.98 Å². The van der Waals surface area contributed by atoms with Crippen molar-refractivity contribution < 1.29 is 14.3 Å². The number of nitrogens with two attached hydrogens (primary N) is 3. The molecule has 0 unspecified atom stereocenters. The summed E-state index contributed by atoms with van der Waals surface area (Å²) in [5.41, 5.74) is 16.4. The van der Waals surface area contributed by atoms with Crippen LogP contribution < -0.4 is 33.2 Å². The van der Waals surface area contributed by atoms with Crippen molar-refractivity contribution in [2.45, 2.75) is 25.7 Å². The lowest BCUT2D eigenvalue weighted by molar-refractivity contribution is -0.120. The third-order valence-electron chi connectivity index (χ3n) is 4.04. The molecule has 0 saturated carbocycles. The van der Waals surface area contributed by atoms with Crippen molar-refractivity contribution >= 4 is 52.8 Å². The van der Waals surface area contributed by atoms with E-state index in [1.807, 2.05) is 0 Å². The third kappa shape index (κ3) is 9.08. The van der Waals surface area contributed by atoms with Crippen LogP contribution in [0.1, 0.15) is 36.2 Å². The summed E-state index contributed by atoms with van der Waals surface area (Å²) >= 11 is 5.74. The number of guanidine groups is 1. The first-order valence-electron chi connectivity index (χ1n) is 9.94. The Morgan fingerprint density at radius 2 is 1.82 bits per heavy atom. The van der Waals surface area contributed by atoms with Crippen LogP contribution in [-0.2, 0) is 9.53 Å². The molecule has 2 heterocycles. The number of nitrogens with zero attached hydrogens (tertiary/aromatic N) is 4. The lowest BCUT2D eigenvalue weighted by atomic mass is 10.2. The Kier molecular flexibility index (Phi) is 9.98. The number of amides is 2. The molecule has 14 nitrogen and oxygen atoms in total.